The van der Waals surface area contributed by atoms with E-state index < -0.39 is 0 Å². The van der Waals surface area contributed by atoms with Gasteiger partial charge in [-0.3, -0.25) is 0 Å². The molecular formula is C7H10N4O. The van der Waals surface area contributed by atoms with Crippen LogP contribution in [0.2, 0.25) is 0 Å². The van der Waals surface area contributed by atoms with Gasteiger partial charge in [-0.25, -0.2) is 9.78 Å². The maximum absolute atomic E-state index is 11.0. The summed E-state index contributed by atoms with van der Waals surface area (Å²) < 4.78 is 1.17. The largest absolute Gasteiger partial charge is 0.368 e. The van der Waals surface area contributed by atoms with Gasteiger partial charge in [-0.2, -0.15) is 9.78 Å². The average Bonchev–Trinajstić information content (AvgIpc) is 2.03. The SMILES string of the molecule is CN(C)C=Nn1cccnc1=O. The Balaban J connectivity index is 2.90. The van der Waals surface area contributed by atoms with Crippen LogP contribution in [-0.4, -0.2) is 35.0 Å². The minimum atomic E-state index is -0.379. The normalized spacial score (nSPS) is 10.5. The summed E-state index contributed by atoms with van der Waals surface area (Å²) in [5.41, 5.74) is -0.379. The molecule has 12 heavy (non-hydrogen) atoms. The summed E-state index contributed by atoms with van der Waals surface area (Å²) in [6.45, 7) is 0. The molecule has 1 rings (SSSR count). The van der Waals surface area contributed by atoms with E-state index in [1.165, 1.54) is 17.2 Å². The smallest absolute Gasteiger partial charge is 0.367 e. The first-order valence-corrected chi connectivity index (χ1v) is 3.45. The molecule has 0 aliphatic rings. The summed E-state index contributed by atoms with van der Waals surface area (Å²) in [4.78, 5) is 16.2. The van der Waals surface area contributed by atoms with Gasteiger partial charge in [0.25, 0.3) is 0 Å². The van der Waals surface area contributed by atoms with E-state index in [2.05, 4.69) is 10.1 Å². The first-order valence-electron chi connectivity index (χ1n) is 3.45. The number of hydrogen-bond donors (Lipinski definition) is 0. The van der Waals surface area contributed by atoms with Gasteiger partial charge in [0, 0.05) is 26.5 Å². The molecule has 0 amide bonds. The Hall–Kier alpha value is -1.65. The van der Waals surface area contributed by atoms with Crippen LogP contribution in [0.1, 0.15) is 0 Å². The van der Waals surface area contributed by atoms with Crippen molar-refractivity contribution in [3.63, 3.8) is 0 Å². The lowest BCUT2D eigenvalue weighted by atomic mass is 10.7. The molecule has 0 aromatic carbocycles. The fourth-order valence-corrected chi connectivity index (χ4v) is 0.597. The van der Waals surface area contributed by atoms with Gasteiger partial charge >= 0.3 is 5.69 Å². The summed E-state index contributed by atoms with van der Waals surface area (Å²) in [5, 5.41) is 3.85. The molecule has 0 aliphatic heterocycles. The molecule has 1 aromatic rings. The minimum absolute atomic E-state index is 0.379. The van der Waals surface area contributed by atoms with E-state index >= 15 is 0 Å². The topological polar surface area (TPSA) is 50.5 Å². The fourth-order valence-electron chi connectivity index (χ4n) is 0.597. The summed E-state index contributed by atoms with van der Waals surface area (Å²) in [6.07, 6.45) is 4.52. The number of nitrogens with zero attached hydrogens (tertiary/aromatic N) is 4. The molecule has 0 bridgehead atoms. The predicted molar refractivity (Wildman–Crippen MR) is 46.1 cm³/mol. The fraction of sp³-hybridized carbons (Fsp3) is 0.286. The summed E-state index contributed by atoms with van der Waals surface area (Å²) >= 11 is 0. The molecule has 0 saturated carbocycles. The van der Waals surface area contributed by atoms with Crippen molar-refractivity contribution in [2.45, 2.75) is 0 Å². The maximum Gasteiger partial charge on any atom is 0.368 e. The molecule has 64 valence electrons. The van der Waals surface area contributed by atoms with Gasteiger partial charge in [0.15, 0.2) is 0 Å². The van der Waals surface area contributed by atoms with Gasteiger partial charge in [0.05, 0.1) is 0 Å². The zero-order valence-electron chi connectivity index (χ0n) is 7.01. The highest BCUT2D eigenvalue weighted by molar-refractivity contribution is 5.53. The van der Waals surface area contributed by atoms with Crippen molar-refractivity contribution in [2.24, 2.45) is 5.10 Å². The van der Waals surface area contributed by atoms with Crippen LogP contribution in [-0.2, 0) is 0 Å². The quantitative estimate of drug-likeness (QED) is 0.443. The molecule has 0 saturated heterocycles. The second-order valence-electron chi connectivity index (χ2n) is 2.44. The molecule has 1 heterocycles. The molecule has 0 N–H and O–H groups in total. The number of aromatic nitrogens is 2. The molecule has 0 atom stereocenters. The van der Waals surface area contributed by atoms with Crippen LogP contribution in [0.5, 0.6) is 0 Å². The highest BCUT2D eigenvalue weighted by Crippen LogP contribution is 1.76. The van der Waals surface area contributed by atoms with E-state index in [1.807, 2.05) is 14.1 Å². The van der Waals surface area contributed by atoms with Crippen molar-refractivity contribution < 1.29 is 0 Å². The zero-order valence-corrected chi connectivity index (χ0v) is 7.01. The Bertz CT molecular complexity index is 328. The van der Waals surface area contributed by atoms with Crippen molar-refractivity contribution in [3.05, 3.63) is 28.9 Å². The molecule has 0 aliphatic carbocycles. The summed E-state index contributed by atoms with van der Waals surface area (Å²) in [5.74, 6) is 0. The molecule has 1 aromatic heterocycles. The molecule has 0 radical (unpaired) electrons. The lowest BCUT2D eigenvalue weighted by Gasteiger charge is -2.01. The monoisotopic (exact) mass is 166 g/mol. The standard InChI is InChI=1S/C7H10N4O/c1-10(2)6-9-11-5-3-4-8-7(11)12/h3-6H,1-2H3. The third-order valence-electron chi connectivity index (χ3n) is 1.10. The van der Waals surface area contributed by atoms with Crippen LogP contribution >= 0.6 is 0 Å². The van der Waals surface area contributed by atoms with E-state index in [9.17, 15) is 4.79 Å². The van der Waals surface area contributed by atoms with E-state index in [4.69, 9.17) is 0 Å². The van der Waals surface area contributed by atoms with Crippen molar-refractivity contribution in [2.75, 3.05) is 14.1 Å². The molecule has 0 spiro atoms. The van der Waals surface area contributed by atoms with Crippen molar-refractivity contribution >= 4 is 6.34 Å². The summed E-state index contributed by atoms with van der Waals surface area (Å²) in [7, 11) is 3.65. The van der Waals surface area contributed by atoms with Crippen molar-refractivity contribution in [1.29, 1.82) is 0 Å². The van der Waals surface area contributed by atoms with Gasteiger partial charge in [0.1, 0.15) is 6.34 Å². The van der Waals surface area contributed by atoms with Crippen molar-refractivity contribution in [1.82, 2.24) is 14.6 Å². The Morgan fingerprint density at radius 1 is 1.67 bits per heavy atom. The maximum atomic E-state index is 11.0. The lowest BCUT2D eigenvalue weighted by molar-refractivity contribution is 0.627. The lowest BCUT2D eigenvalue weighted by Crippen LogP contribution is -2.19. The molecule has 0 unspecified atom stereocenters. The van der Waals surface area contributed by atoms with Gasteiger partial charge in [-0.05, 0) is 6.07 Å². The zero-order chi connectivity index (χ0) is 8.97. The molecule has 0 fully saturated rings. The predicted octanol–water partition coefficient (Wildman–Crippen LogP) is -0.404. The molecular weight excluding hydrogens is 156 g/mol. The second-order valence-corrected chi connectivity index (χ2v) is 2.44. The van der Waals surface area contributed by atoms with Gasteiger partial charge in [0.2, 0.25) is 0 Å². The van der Waals surface area contributed by atoms with E-state index in [0.29, 0.717) is 0 Å². The minimum Gasteiger partial charge on any atom is -0.367 e. The Kier molecular flexibility index (Phi) is 2.57. The molecule has 5 nitrogen and oxygen atoms in total. The van der Waals surface area contributed by atoms with Crippen LogP contribution in [0.25, 0.3) is 0 Å². The first kappa shape index (κ1) is 8.45. The Labute approximate surface area is 70.0 Å². The third-order valence-corrected chi connectivity index (χ3v) is 1.10. The highest BCUT2D eigenvalue weighted by atomic mass is 16.1. The van der Waals surface area contributed by atoms with Crippen LogP contribution in [0.3, 0.4) is 0 Å². The van der Waals surface area contributed by atoms with E-state index in [0.717, 1.165) is 0 Å². The van der Waals surface area contributed by atoms with Crippen LogP contribution in [0.15, 0.2) is 28.4 Å². The Morgan fingerprint density at radius 3 is 3.00 bits per heavy atom. The van der Waals surface area contributed by atoms with Crippen LogP contribution in [0.4, 0.5) is 0 Å². The van der Waals surface area contributed by atoms with Gasteiger partial charge in [-0.1, -0.05) is 0 Å². The molecule has 5 heteroatoms. The van der Waals surface area contributed by atoms with E-state index in [1.54, 1.807) is 17.2 Å². The van der Waals surface area contributed by atoms with E-state index in [-0.39, 0.29) is 5.69 Å². The third kappa shape index (κ3) is 2.19. The number of rotatable bonds is 2. The number of hydrogen-bond acceptors (Lipinski definition) is 3. The first-order chi connectivity index (χ1) is 5.70. The average molecular weight is 166 g/mol. The van der Waals surface area contributed by atoms with Crippen LogP contribution in [0, 0.1) is 0 Å². The van der Waals surface area contributed by atoms with Gasteiger partial charge < -0.3 is 4.90 Å². The van der Waals surface area contributed by atoms with Crippen LogP contribution < -0.4 is 5.69 Å². The second kappa shape index (κ2) is 3.66. The highest BCUT2D eigenvalue weighted by Gasteiger charge is 1.88. The summed E-state index contributed by atoms with van der Waals surface area (Å²) in [6, 6.07) is 1.65. The van der Waals surface area contributed by atoms with Crippen molar-refractivity contribution in [3.8, 4) is 0 Å². The van der Waals surface area contributed by atoms with Gasteiger partial charge in [-0.15, -0.1) is 0 Å². The Morgan fingerprint density at radius 2 is 2.42 bits per heavy atom.